The fraction of sp³-hybridized carbons (Fsp3) is 0. The lowest BCUT2D eigenvalue weighted by Gasteiger charge is -2.08. The molecule has 126 valence electrons. The van der Waals surface area contributed by atoms with Crippen molar-refractivity contribution in [3.8, 4) is 0 Å². The molecule has 26 heavy (non-hydrogen) atoms. The molecule has 0 aliphatic rings. The van der Waals surface area contributed by atoms with Crippen LogP contribution in [0.25, 0.3) is 21.8 Å². The van der Waals surface area contributed by atoms with Crippen LogP contribution in [-0.4, -0.2) is 21.8 Å². The summed E-state index contributed by atoms with van der Waals surface area (Å²) in [6, 6.07) is 21.8. The summed E-state index contributed by atoms with van der Waals surface area (Å²) in [5, 5.41) is 1.88. The highest BCUT2D eigenvalue weighted by atomic mass is 16.2. The number of aromatic nitrogens is 2. The van der Waals surface area contributed by atoms with E-state index in [0.717, 1.165) is 10.8 Å². The molecule has 2 N–H and O–H groups in total. The van der Waals surface area contributed by atoms with Gasteiger partial charge in [-0.05, 0) is 24.3 Å². The van der Waals surface area contributed by atoms with Crippen molar-refractivity contribution in [1.82, 2.24) is 20.8 Å². The Kier molecular flexibility index (Phi) is 3.99. The molecule has 2 aromatic carbocycles. The molecule has 0 aliphatic heterocycles. The van der Waals surface area contributed by atoms with Gasteiger partial charge in [-0.15, -0.1) is 0 Å². The van der Waals surface area contributed by atoms with Gasteiger partial charge >= 0.3 is 0 Å². The van der Waals surface area contributed by atoms with Gasteiger partial charge in [0.05, 0.1) is 11.0 Å². The maximum absolute atomic E-state index is 12.2. The molecule has 6 nitrogen and oxygen atoms in total. The van der Waals surface area contributed by atoms with Crippen LogP contribution in [0.3, 0.4) is 0 Å². The quantitative estimate of drug-likeness (QED) is 0.549. The van der Waals surface area contributed by atoms with Crippen LogP contribution in [0.5, 0.6) is 0 Å². The topological polar surface area (TPSA) is 84.0 Å². The number of nitrogens with zero attached hydrogens (tertiary/aromatic N) is 2. The van der Waals surface area contributed by atoms with E-state index in [1.54, 1.807) is 12.1 Å². The molecule has 0 saturated carbocycles. The average molecular weight is 342 g/mol. The van der Waals surface area contributed by atoms with Gasteiger partial charge in [0.2, 0.25) is 0 Å². The molecule has 2 aromatic heterocycles. The molecule has 0 bridgehead atoms. The Morgan fingerprint density at radius 3 is 1.46 bits per heavy atom. The van der Waals surface area contributed by atoms with Gasteiger partial charge in [0.15, 0.2) is 0 Å². The van der Waals surface area contributed by atoms with E-state index in [0.29, 0.717) is 11.0 Å². The summed E-state index contributed by atoms with van der Waals surface area (Å²) in [7, 11) is 0. The molecule has 0 fully saturated rings. The van der Waals surface area contributed by atoms with E-state index in [1.165, 1.54) is 0 Å². The van der Waals surface area contributed by atoms with Crippen molar-refractivity contribution in [2.24, 2.45) is 0 Å². The van der Waals surface area contributed by atoms with Crippen LogP contribution in [0, 0.1) is 0 Å². The van der Waals surface area contributed by atoms with Crippen LogP contribution in [-0.2, 0) is 0 Å². The standard InChI is InChI=1S/C20H14N4O2/c25-19(17-11-9-13-5-1-3-7-15(13)21-17)23-24-20(26)18-12-10-14-6-2-4-8-16(14)22-18/h1-12H,(H,23,25)(H,24,26). The Morgan fingerprint density at radius 2 is 1.00 bits per heavy atom. The van der Waals surface area contributed by atoms with E-state index < -0.39 is 11.8 Å². The predicted molar refractivity (Wildman–Crippen MR) is 98.4 cm³/mol. The second-order valence-corrected chi connectivity index (χ2v) is 5.69. The van der Waals surface area contributed by atoms with E-state index in [9.17, 15) is 9.59 Å². The average Bonchev–Trinajstić information content (AvgIpc) is 2.71. The first-order valence-corrected chi connectivity index (χ1v) is 8.03. The van der Waals surface area contributed by atoms with Crippen LogP contribution in [0.4, 0.5) is 0 Å². The van der Waals surface area contributed by atoms with Gasteiger partial charge in [0, 0.05) is 10.8 Å². The van der Waals surface area contributed by atoms with Gasteiger partial charge in [-0.25, -0.2) is 9.97 Å². The number of nitrogens with one attached hydrogen (secondary N) is 2. The summed E-state index contributed by atoms with van der Waals surface area (Å²) >= 11 is 0. The number of rotatable bonds is 2. The summed E-state index contributed by atoms with van der Waals surface area (Å²) in [5.74, 6) is -0.991. The van der Waals surface area contributed by atoms with Crippen LogP contribution in [0.2, 0.25) is 0 Å². The molecule has 0 saturated heterocycles. The summed E-state index contributed by atoms with van der Waals surface area (Å²) in [6.45, 7) is 0. The highest BCUT2D eigenvalue weighted by Crippen LogP contribution is 2.12. The fourth-order valence-corrected chi connectivity index (χ4v) is 2.63. The van der Waals surface area contributed by atoms with E-state index in [2.05, 4.69) is 20.8 Å². The van der Waals surface area contributed by atoms with Crippen LogP contribution >= 0.6 is 0 Å². The van der Waals surface area contributed by atoms with Crippen LogP contribution in [0.1, 0.15) is 21.0 Å². The largest absolute Gasteiger partial charge is 0.288 e. The van der Waals surface area contributed by atoms with Gasteiger partial charge in [-0.3, -0.25) is 20.4 Å². The molecule has 0 aliphatic carbocycles. The number of fused-ring (bicyclic) bond motifs is 2. The molecule has 0 radical (unpaired) electrons. The Labute approximate surface area is 148 Å². The van der Waals surface area contributed by atoms with E-state index in [1.807, 2.05) is 60.7 Å². The van der Waals surface area contributed by atoms with Crippen molar-refractivity contribution in [2.75, 3.05) is 0 Å². The molecule has 0 atom stereocenters. The number of para-hydroxylation sites is 2. The Balaban J connectivity index is 1.47. The Morgan fingerprint density at radius 1 is 0.577 bits per heavy atom. The molecule has 0 unspecified atom stereocenters. The molecule has 2 amide bonds. The maximum Gasteiger partial charge on any atom is 0.288 e. The highest BCUT2D eigenvalue weighted by Gasteiger charge is 2.12. The first-order chi connectivity index (χ1) is 12.7. The number of pyridine rings is 2. The molecular weight excluding hydrogens is 328 g/mol. The van der Waals surface area contributed by atoms with Gasteiger partial charge in [0.1, 0.15) is 11.4 Å². The normalized spacial score (nSPS) is 10.6. The SMILES string of the molecule is O=C(NNC(=O)c1ccc2ccccc2n1)c1ccc2ccccc2n1. The van der Waals surface area contributed by atoms with Crippen molar-refractivity contribution in [2.45, 2.75) is 0 Å². The first-order valence-electron chi connectivity index (χ1n) is 8.03. The van der Waals surface area contributed by atoms with E-state index in [-0.39, 0.29) is 11.4 Å². The van der Waals surface area contributed by atoms with E-state index >= 15 is 0 Å². The zero-order valence-electron chi connectivity index (χ0n) is 13.6. The summed E-state index contributed by atoms with van der Waals surface area (Å²) < 4.78 is 0. The lowest BCUT2D eigenvalue weighted by atomic mass is 10.2. The minimum atomic E-state index is -0.495. The van der Waals surface area contributed by atoms with Gasteiger partial charge in [-0.1, -0.05) is 48.5 Å². The van der Waals surface area contributed by atoms with Crippen LogP contribution < -0.4 is 10.9 Å². The lowest BCUT2D eigenvalue weighted by molar-refractivity contribution is 0.0841. The minimum Gasteiger partial charge on any atom is -0.266 e. The molecule has 4 aromatic rings. The molecular formula is C20H14N4O2. The number of hydrogen-bond acceptors (Lipinski definition) is 4. The molecule has 6 heteroatoms. The number of carbonyl (C=O) groups is 2. The van der Waals surface area contributed by atoms with Crippen molar-refractivity contribution >= 4 is 33.6 Å². The fourth-order valence-electron chi connectivity index (χ4n) is 2.63. The third-order valence-corrected chi connectivity index (χ3v) is 3.95. The third-order valence-electron chi connectivity index (χ3n) is 3.95. The third kappa shape index (κ3) is 3.08. The smallest absolute Gasteiger partial charge is 0.266 e. The molecule has 0 spiro atoms. The summed E-state index contributed by atoms with van der Waals surface area (Å²) in [5.41, 5.74) is 6.60. The zero-order valence-corrected chi connectivity index (χ0v) is 13.6. The van der Waals surface area contributed by atoms with Crippen LogP contribution in [0.15, 0.2) is 72.8 Å². The second-order valence-electron chi connectivity index (χ2n) is 5.69. The van der Waals surface area contributed by atoms with Crippen molar-refractivity contribution in [3.05, 3.63) is 84.2 Å². The molecule has 2 heterocycles. The number of hydrazine groups is 1. The number of amides is 2. The maximum atomic E-state index is 12.2. The monoisotopic (exact) mass is 342 g/mol. The first kappa shape index (κ1) is 15.7. The Hall–Kier alpha value is -3.80. The number of carbonyl (C=O) groups excluding carboxylic acids is 2. The minimum absolute atomic E-state index is 0.218. The predicted octanol–water partition coefficient (Wildman–Crippen LogP) is 2.86. The van der Waals surface area contributed by atoms with Crippen molar-refractivity contribution in [3.63, 3.8) is 0 Å². The van der Waals surface area contributed by atoms with Crippen molar-refractivity contribution < 1.29 is 9.59 Å². The highest BCUT2D eigenvalue weighted by molar-refractivity contribution is 5.99. The number of hydrogen-bond donors (Lipinski definition) is 2. The van der Waals surface area contributed by atoms with Gasteiger partial charge in [-0.2, -0.15) is 0 Å². The second kappa shape index (κ2) is 6.60. The van der Waals surface area contributed by atoms with Gasteiger partial charge in [0.25, 0.3) is 11.8 Å². The Bertz CT molecular complexity index is 1050. The zero-order chi connectivity index (χ0) is 17.9. The van der Waals surface area contributed by atoms with Gasteiger partial charge < -0.3 is 0 Å². The van der Waals surface area contributed by atoms with E-state index in [4.69, 9.17) is 0 Å². The lowest BCUT2D eigenvalue weighted by Crippen LogP contribution is -2.42. The number of benzene rings is 2. The summed E-state index contributed by atoms with van der Waals surface area (Å²) in [4.78, 5) is 33.0. The summed E-state index contributed by atoms with van der Waals surface area (Å²) in [6.07, 6.45) is 0. The molecule has 4 rings (SSSR count). The van der Waals surface area contributed by atoms with Crippen molar-refractivity contribution in [1.29, 1.82) is 0 Å².